The smallest absolute Gasteiger partial charge is 0.304 e. The van der Waals surface area contributed by atoms with Gasteiger partial charge in [0.2, 0.25) is 0 Å². The quantitative estimate of drug-likeness (QED) is 0.234. The molecule has 0 amide bonds. The minimum Gasteiger partial charge on any atom is -0.481 e. The van der Waals surface area contributed by atoms with Gasteiger partial charge in [-0.3, -0.25) is 4.79 Å². The van der Waals surface area contributed by atoms with Crippen LogP contribution in [0, 0.1) is 12.8 Å². The van der Waals surface area contributed by atoms with E-state index >= 15 is 0 Å². The maximum Gasteiger partial charge on any atom is 0.304 e. The molecule has 1 aliphatic carbocycles. The molecule has 1 N–H and O–H groups in total. The predicted octanol–water partition coefficient (Wildman–Crippen LogP) is 8.37. The van der Waals surface area contributed by atoms with Gasteiger partial charge in [-0.1, -0.05) is 105 Å². The minimum atomic E-state index is -0.724. The topological polar surface area (TPSA) is 63.3 Å². The van der Waals surface area contributed by atoms with Gasteiger partial charge in [0, 0.05) is 16.5 Å². The van der Waals surface area contributed by atoms with Crippen molar-refractivity contribution in [3.05, 3.63) is 101 Å². The van der Waals surface area contributed by atoms with E-state index in [9.17, 15) is 9.90 Å². The summed E-state index contributed by atoms with van der Waals surface area (Å²) in [6.45, 7) is 8.99. The number of carbonyl (C=O) groups is 1. The van der Waals surface area contributed by atoms with Crippen LogP contribution in [0.25, 0.3) is 22.5 Å². The predicted molar refractivity (Wildman–Crippen MR) is 152 cm³/mol. The molecule has 0 spiro atoms. The average Bonchev–Trinajstić information content (AvgIpc) is 3.59. The van der Waals surface area contributed by atoms with Crippen molar-refractivity contribution < 1.29 is 14.4 Å². The Bertz CT molecular complexity index is 1390. The van der Waals surface area contributed by atoms with Crippen molar-refractivity contribution in [1.82, 2.24) is 5.16 Å². The molecule has 38 heavy (non-hydrogen) atoms. The first-order valence-electron chi connectivity index (χ1n) is 13.6. The van der Waals surface area contributed by atoms with E-state index in [0.717, 1.165) is 59.4 Å². The van der Waals surface area contributed by atoms with Crippen molar-refractivity contribution in [2.24, 2.45) is 5.92 Å². The maximum atomic E-state index is 11.3. The molecule has 0 saturated heterocycles. The maximum absolute atomic E-state index is 11.3. The van der Waals surface area contributed by atoms with Crippen LogP contribution in [0.15, 0.2) is 83.4 Å². The molecule has 0 radical (unpaired) electrons. The molecule has 4 nitrogen and oxygen atoms in total. The van der Waals surface area contributed by atoms with E-state index in [2.05, 4.69) is 105 Å². The number of benzene rings is 3. The van der Waals surface area contributed by atoms with Crippen molar-refractivity contribution in [3.8, 4) is 22.5 Å². The highest BCUT2D eigenvalue weighted by Crippen LogP contribution is 2.51. The van der Waals surface area contributed by atoms with Gasteiger partial charge in [-0.05, 0) is 66.2 Å². The van der Waals surface area contributed by atoms with Crippen LogP contribution < -0.4 is 0 Å². The Balaban J connectivity index is 1.30. The first-order valence-corrected chi connectivity index (χ1v) is 13.6. The summed E-state index contributed by atoms with van der Waals surface area (Å²) in [5.41, 5.74) is 7.85. The lowest BCUT2D eigenvalue weighted by Gasteiger charge is -2.29. The van der Waals surface area contributed by atoms with Crippen molar-refractivity contribution >= 4 is 5.97 Å². The summed E-state index contributed by atoms with van der Waals surface area (Å²) in [5.74, 6) is 0.604. The zero-order valence-corrected chi connectivity index (χ0v) is 22.8. The molecule has 0 bridgehead atoms. The lowest BCUT2D eigenvalue weighted by Crippen LogP contribution is -2.21. The first-order chi connectivity index (χ1) is 18.2. The Kier molecular flexibility index (Phi) is 7.00. The van der Waals surface area contributed by atoms with E-state index < -0.39 is 5.97 Å². The molecule has 1 heterocycles. The van der Waals surface area contributed by atoms with Crippen LogP contribution >= 0.6 is 0 Å². The molecule has 1 saturated carbocycles. The van der Waals surface area contributed by atoms with Crippen LogP contribution in [0.1, 0.15) is 68.8 Å². The number of rotatable bonds is 10. The van der Waals surface area contributed by atoms with Crippen molar-refractivity contribution in [1.29, 1.82) is 0 Å². The van der Waals surface area contributed by atoms with Crippen LogP contribution in [0.4, 0.5) is 0 Å². The van der Waals surface area contributed by atoms with Crippen LogP contribution in [-0.4, -0.2) is 16.2 Å². The zero-order chi connectivity index (χ0) is 26.9. The molecule has 1 aromatic heterocycles. The van der Waals surface area contributed by atoms with Crippen LogP contribution in [0.3, 0.4) is 0 Å². The average molecular weight is 508 g/mol. The summed E-state index contributed by atoms with van der Waals surface area (Å²) in [7, 11) is 0. The zero-order valence-electron chi connectivity index (χ0n) is 22.8. The Morgan fingerprint density at radius 3 is 2.11 bits per heavy atom. The molecular formula is C34H37NO3. The Hall–Kier alpha value is -3.66. The third-order valence-electron chi connectivity index (χ3n) is 8.27. The monoisotopic (exact) mass is 507 g/mol. The number of carboxylic acids is 1. The highest BCUT2D eigenvalue weighted by atomic mass is 16.5. The van der Waals surface area contributed by atoms with E-state index in [-0.39, 0.29) is 17.3 Å². The second-order valence-electron chi connectivity index (χ2n) is 11.8. The number of nitrogens with zero attached hydrogens (tertiary/aromatic N) is 1. The first kappa shape index (κ1) is 26.0. The molecule has 196 valence electrons. The normalized spacial score (nSPS) is 15.3. The fraction of sp³-hybridized carbons (Fsp3) is 0.353. The largest absolute Gasteiger partial charge is 0.481 e. The number of hydrogen-bond donors (Lipinski definition) is 1. The van der Waals surface area contributed by atoms with Gasteiger partial charge in [-0.15, -0.1) is 0 Å². The second-order valence-corrected chi connectivity index (χ2v) is 11.8. The van der Waals surface area contributed by atoms with E-state index in [4.69, 9.17) is 4.52 Å². The highest BCUT2D eigenvalue weighted by Gasteiger charge is 2.45. The fourth-order valence-corrected chi connectivity index (χ4v) is 5.99. The molecule has 4 aromatic rings. The lowest BCUT2D eigenvalue weighted by atomic mass is 9.76. The molecule has 1 aliphatic rings. The molecule has 1 unspecified atom stereocenters. The lowest BCUT2D eigenvalue weighted by molar-refractivity contribution is -0.137. The van der Waals surface area contributed by atoms with E-state index in [1.165, 1.54) is 11.1 Å². The third-order valence-corrected chi connectivity index (χ3v) is 8.27. The molecule has 4 heteroatoms. The summed E-state index contributed by atoms with van der Waals surface area (Å²) in [4.78, 5) is 11.3. The minimum absolute atomic E-state index is 0.0931. The Morgan fingerprint density at radius 2 is 1.53 bits per heavy atom. The number of aryl methyl sites for hydroxylation is 1. The summed E-state index contributed by atoms with van der Waals surface area (Å²) in [5, 5.41) is 13.6. The molecule has 5 rings (SSSR count). The van der Waals surface area contributed by atoms with Gasteiger partial charge in [0.05, 0.1) is 12.1 Å². The Labute approximate surface area is 225 Å². The molecule has 1 atom stereocenters. The van der Waals surface area contributed by atoms with E-state index in [1.54, 1.807) is 0 Å². The van der Waals surface area contributed by atoms with Gasteiger partial charge in [-0.2, -0.15) is 0 Å². The number of aliphatic carboxylic acids is 1. The van der Waals surface area contributed by atoms with Gasteiger partial charge < -0.3 is 9.63 Å². The Morgan fingerprint density at radius 1 is 0.947 bits per heavy atom. The van der Waals surface area contributed by atoms with Crippen LogP contribution in [0.2, 0.25) is 0 Å². The van der Waals surface area contributed by atoms with Gasteiger partial charge in [0.15, 0.2) is 5.76 Å². The van der Waals surface area contributed by atoms with E-state index in [1.807, 2.05) is 6.92 Å². The van der Waals surface area contributed by atoms with Gasteiger partial charge >= 0.3 is 5.97 Å². The highest BCUT2D eigenvalue weighted by molar-refractivity contribution is 5.72. The number of carboxylic acid groups (broad SMARTS) is 1. The van der Waals surface area contributed by atoms with Gasteiger partial charge in [-0.25, -0.2) is 0 Å². The third kappa shape index (κ3) is 5.45. The van der Waals surface area contributed by atoms with Crippen molar-refractivity contribution in [3.63, 3.8) is 0 Å². The van der Waals surface area contributed by atoms with Crippen LogP contribution in [0.5, 0.6) is 0 Å². The summed E-state index contributed by atoms with van der Waals surface area (Å²) in [6, 6.07) is 27.6. The van der Waals surface area contributed by atoms with Gasteiger partial charge in [0.1, 0.15) is 0 Å². The molecule has 1 fully saturated rings. The second kappa shape index (κ2) is 10.2. The van der Waals surface area contributed by atoms with E-state index in [0.29, 0.717) is 5.92 Å². The summed E-state index contributed by atoms with van der Waals surface area (Å²) < 4.78 is 5.84. The molecule has 3 aromatic carbocycles. The molecule has 0 aliphatic heterocycles. The standard InChI is InChI=1S/C34H37NO3/c1-23(21-33(3,4)28-8-6-5-7-9-28)20-30-24(2)35-38-32(30)27-12-10-25(11-13-27)26-14-16-29(17-15-26)34(18-19-34)22-31(36)37/h5-17,23H,18-22H2,1-4H3,(H,36,37). The van der Waals surface area contributed by atoms with Crippen molar-refractivity contribution in [2.75, 3.05) is 0 Å². The SMILES string of the molecule is Cc1noc(-c2ccc(-c3ccc(C4(CC(=O)O)CC4)cc3)cc2)c1CC(C)CC(C)(C)c1ccccc1. The number of aromatic nitrogens is 1. The fourth-order valence-electron chi connectivity index (χ4n) is 5.99. The molecular weight excluding hydrogens is 470 g/mol. The summed E-state index contributed by atoms with van der Waals surface area (Å²) >= 11 is 0. The van der Waals surface area contributed by atoms with Crippen molar-refractivity contribution in [2.45, 2.75) is 70.6 Å². The van der Waals surface area contributed by atoms with Crippen LogP contribution in [-0.2, 0) is 22.0 Å². The number of hydrogen-bond acceptors (Lipinski definition) is 3. The summed E-state index contributed by atoms with van der Waals surface area (Å²) in [6.07, 6.45) is 4.11. The van der Waals surface area contributed by atoms with Gasteiger partial charge in [0.25, 0.3) is 0 Å².